The number of rotatable bonds is 7. The van der Waals surface area contributed by atoms with Crippen LogP contribution in [0.15, 0.2) is 30.3 Å². The highest BCUT2D eigenvalue weighted by Crippen LogP contribution is 2.03. The smallest absolute Gasteiger partial charge is 0.305 e. The minimum Gasteiger partial charge on any atom is -0.481 e. The molecular weight excluding hydrogens is 230 g/mol. The number of carbonyl (C=O) groups excluding carboxylic acids is 1. The van der Waals surface area contributed by atoms with E-state index in [9.17, 15) is 9.59 Å². The third-order valence-electron chi connectivity index (χ3n) is 2.76. The van der Waals surface area contributed by atoms with Crippen molar-refractivity contribution >= 4 is 11.9 Å². The summed E-state index contributed by atoms with van der Waals surface area (Å²) in [5.41, 5.74) is 1.11. The normalized spacial score (nSPS) is 11.8. The lowest BCUT2D eigenvalue weighted by Gasteiger charge is -2.14. The molecule has 0 bridgehead atoms. The molecule has 0 saturated heterocycles. The maximum Gasteiger partial charge on any atom is 0.305 e. The predicted molar refractivity (Wildman–Crippen MR) is 69.2 cm³/mol. The number of aryl methyl sites for hydroxylation is 1. The van der Waals surface area contributed by atoms with E-state index < -0.39 is 5.97 Å². The Morgan fingerprint density at radius 1 is 1.28 bits per heavy atom. The van der Waals surface area contributed by atoms with Crippen LogP contribution in [0.2, 0.25) is 0 Å². The summed E-state index contributed by atoms with van der Waals surface area (Å²) >= 11 is 0. The first-order valence-electron chi connectivity index (χ1n) is 6.17. The molecule has 0 heterocycles. The van der Waals surface area contributed by atoms with Gasteiger partial charge in [0.25, 0.3) is 0 Å². The van der Waals surface area contributed by atoms with Gasteiger partial charge >= 0.3 is 5.97 Å². The summed E-state index contributed by atoms with van der Waals surface area (Å²) in [6.45, 7) is 1.87. The summed E-state index contributed by atoms with van der Waals surface area (Å²) in [5.74, 6) is -0.975. The minimum absolute atomic E-state index is 0.0203. The third-order valence-corrected chi connectivity index (χ3v) is 2.76. The maximum atomic E-state index is 11.7. The topological polar surface area (TPSA) is 66.4 Å². The van der Waals surface area contributed by atoms with Gasteiger partial charge < -0.3 is 10.4 Å². The van der Waals surface area contributed by atoms with Crippen molar-refractivity contribution in [2.75, 3.05) is 0 Å². The lowest BCUT2D eigenvalue weighted by atomic mass is 10.1. The molecule has 0 aliphatic carbocycles. The molecule has 1 unspecified atom stereocenters. The molecule has 4 heteroatoms. The predicted octanol–water partition coefficient (Wildman–Crippen LogP) is 1.99. The van der Waals surface area contributed by atoms with Crippen molar-refractivity contribution in [1.29, 1.82) is 0 Å². The van der Waals surface area contributed by atoms with E-state index in [1.54, 1.807) is 0 Å². The second-order valence-electron chi connectivity index (χ2n) is 4.26. The zero-order chi connectivity index (χ0) is 13.4. The summed E-state index contributed by atoms with van der Waals surface area (Å²) in [6, 6.07) is 9.48. The van der Waals surface area contributed by atoms with E-state index in [-0.39, 0.29) is 18.4 Å². The van der Waals surface area contributed by atoms with Crippen LogP contribution in [0.1, 0.15) is 31.7 Å². The molecule has 0 radical (unpaired) electrons. The van der Waals surface area contributed by atoms with Gasteiger partial charge in [-0.25, -0.2) is 0 Å². The van der Waals surface area contributed by atoms with Crippen LogP contribution < -0.4 is 5.32 Å². The molecular formula is C14H19NO3. The molecule has 1 amide bonds. The zero-order valence-electron chi connectivity index (χ0n) is 10.6. The van der Waals surface area contributed by atoms with Gasteiger partial charge in [0.15, 0.2) is 0 Å². The Hall–Kier alpha value is -1.84. The molecule has 2 N–H and O–H groups in total. The summed E-state index contributed by atoms with van der Waals surface area (Å²) in [6.07, 6.45) is 1.67. The molecule has 0 aromatic heterocycles. The average molecular weight is 249 g/mol. The highest BCUT2D eigenvalue weighted by atomic mass is 16.4. The van der Waals surface area contributed by atoms with Crippen LogP contribution in [0, 0.1) is 0 Å². The van der Waals surface area contributed by atoms with E-state index in [1.165, 1.54) is 0 Å². The van der Waals surface area contributed by atoms with Crippen LogP contribution in [0.25, 0.3) is 0 Å². The van der Waals surface area contributed by atoms with Crippen molar-refractivity contribution in [2.24, 2.45) is 0 Å². The van der Waals surface area contributed by atoms with Gasteiger partial charge in [-0.15, -0.1) is 0 Å². The Bertz CT molecular complexity index is 389. The Morgan fingerprint density at radius 2 is 1.94 bits per heavy atom. The van der Waals surface area contributed by atoms with Crippen molar-refractivity contribution in [1.82, 2.24) is 5.32 Å². The van der Waals surface area contributed by atoms with E-state index >= 15 is 0 Å². The number of hydrogen-bond donors (Lipinski definition) is 2. The minimum atomic E-state index is -0.884. The van der Waals surface area contributed by atoms with Crippen LogP contribution in [0.3, 0.4) is 0 Å². The summed E-state index contributed by atoms with van der Waals surface area (Å²) in [4.78, 5) is 22.2. The first kappa shape index (κ1) is 14.2. The molecule has 1 aromatic carbocycles. The number of carboxylic acids is 1. The molecule has 0 fully saturated rings. The van der Waals surface area contributed by atoms with Crippen LogP contribution >= 0.6 is 0 Å². The van der Waals surface area contributed by atoms with Crippen LogP contribution in [-0.2, 0) is 16.0 Å². The van der Waals surface area contributed by atoms with Gasteiger partial charge in [-0.2, -0.15) is 0 Å². The highest BCUT2D eigenvalue weighted by molar-refractivity contribution is 5.77. The van der Waals surface area contributed by atoms with Crippen molar-refractivity contribution in [2.45, 2.75) is 38.6 Å². The standard InChI is InChI=1S/C14H19NO3/c1-2-12(10-14(17)18)15-13(16)9-8-11-6-4-3-5-7-11/h3-7,12H,2,8-10H2,1H3,(H,15,16)(H,17,18). The van der Waals surface area contributed by atoms with Gasteiger partial charge in [-0.05, 0) is 18.4 Å². The molecule has 1 atom stereocenters. The Morgan fingerprint density at radius 3 is 2.50 bits per heavy atom. The lowest BCUT2D eigenvalue weighted by Crippen LogP contribution is -2.36. The van der Waals surface area contributed by atoms with Crippen molar-refractivity contribution in [3.63, 3.8) is 0 Å². The molecule has 1 rings (SSSR count). The quantitative estimate of drug-likeness (QED) is 0.776. The maximum absolute atomic E-state index is 11.7. The summed E-state index contributed by atoms with van der Waals surface area (Å²) < 4.78 is 0. The highest BCUT2D eigenvalue weighted by Gasteiger charge is 2.13. The Balaban J connectivity index is 2.34. The van der Waals surface area contributed by atoms with Crippen LogP contribution in [0.5, 0.6) is 0 Å². The van der Waals surface area contributed by atoms with E-state index in [0.717, 1.165) is 5.56 Å². The van der Waals surface area contributed by atoms with Gasteiger partial charge in [0.2, 0.25) is 5.91 Å². The molecule has 1 aromatic rings. The third kappa shape index (κ3) is 5.48. The molecule has 98 valence electrons. The number of amides is 1. The van der Waals surface area contributed by atoms with E-state index in [0.29, 0.717) is 19.3 Å². The summed E-state index contributed by atoms with van der Waals surface area (Å²) in [7, 11) is 0. The first-order valence-corrected chi connectivity index (χ1v) is 6.17. The molecule has 0 spiro atoms. The molecule has 0 saturated carbocycles. The Kier molecular flexibility index (Phi) is 5.91. The van der Waals surface area contributed by atoms with Crippen LogP contribution in [0.4, 0.5) is 0 Å². The van der Waals surface area contributed by atoms with E-state index in [2.05, 4.69) is 5.32 Å². The van der Waals surface area contributed by atoms with Gasteiger partial charge in [-0.1, -0.05) is 37.3 Å². The zero-order valence-corrected chi connectivity index (χ0v) is 10.6. The molecule has 4 nitrogen and oxygen atoms in total. The number of aliphatic carboxylic acids is 1. The SMILES string of the molecule is CCC(CC(=O)O)NC(=O)CCc1ccccc1. The fourth-order valence-corrected chi connectivity index (χ4v) is 1.71. The van der Waals surface area contributed by atoms with Crippen molar-refractivity contribution in [3.8, 4) is 0 Å². The molecule has 18 heavy (non-hydrogen) atoms. The Labute approximate surface area is 107 Å². The fourth-order valence-electron chi connectivity index (χ4n) is 1.71. The molecule has 0 aliphatic heterocycles. The largest absolute Gasteiger partial charge is 0.481 e. The van der Waals surface area contributed by atoms with E-state index in [1.807, 2.05) is 37.3 Å². The van der Waals surface area contributed by atoms with E-state index in [4.69, 9.17) is 5.11 Å². The number of carbonyl (C=O) groups is 2. The molecule has 0 aliphatic rings. The number of nitrogens with one attached hydrogen (secondary N) is 1. The number of benzene rings is 1. The van der Waals surface area contributed by atoms with Crippen molar-refractivity contribution in [3.05, 3.63) is 35.9 Å². The van der Waals surface area contributed by atoms with Gasteiger partial charge in [0, 0.05) is 12.5 Å². The van der Waals surface area contributed by atoms with Crippen LogP contribution in [-0.4, -0.2) is 23.0 Å². The summed E-state index contributed by atoms with van der Waals surface area (Å²) in [5, 5.41) is 11.4. The lowest BCUT2D eigenvalue weighted by molar-refractivity contribution is -0.137. The van der Waals surface area contributed by atoms with Gasteiger partial charge in [-0.3, -0.25) is 9.59 Å². The van der Waals surface area contributed by atoms with Gasteiger partial charge in [0.05, 0.1) is 6.42 Å². The fraction of sp³-hybridized carbons (Fsp3) is 0.429. The second-order valence-corrected chi connectivity index (χ2v) is 4.26. The second kappa shape index (κ2) is 7.48. The average Bonchev–Trinajstić information content (AvgIpc) is 2.36. The number of carboxylic acid groups (broad SMARTS) is 1. The van der Waals surface area contributed by atoms with Gasteiger partial charge in [0.1, 0.15) is 0 Å². The monoisotopic (exact) mass is 249 g/mol. The van der Waals surface area contributed by atoms with Crippen molar-refractivity contribution < 1.29 is 14.7 Å². The number of hydrogen-bond acceptors (Lipinski definition) is 2. The first-order chi connectivity index (χ1) is 8.61.